The van der Waals surface area contributed by atoms with Gasteiger partial charge in [0.2, 0.25) is 0 Å². The number of phenolic OH excluding ortho intramolecular Hbond substituents is 2. The molecule has 1 saturated heterocycles. The molecule has 1 fully saturated rings. The number of ketones is 2. The van der Waals surface area contributed by atoms with Gasteiger partial charge >= 0.3 is 0 Å². The largest absolute Gasteiger partial charge is 0.508 e. The fraction of sp³-hybridized carbons (Fsp3) is 0.0909. The molecule has 0 radical (unpaired) electrons. The molecule has 0 aliphatic carbocycles. The summed E-state index contributed by atoms with van der Waals surface area (Å²) in [6.07, 6.45) is 5.88. The van der Waals surface area contributed by atoms with Gasteiger partial charge < -0.3 is 10.2 Å². The van der Waals surface area contributed by atoms with Gasteiger partial charge in [-0.25, -0.2) is 0 Å². The monoisotopic (exact) mass is 410 g/mol. The molecule has 28 heavy (non-hydrogen) atoms. The van der Waals surface area contributed by atoms with Crippen LogP contribution in [0.3, 0.4) is 0 Å². The molecular weight excluding hydrogens is 392 g/mol. The zero-order valence-corrected chi connectivity index (χ0v) is 16.5. The first-order valence-corrected chi connectivity index (χ1v) is 10.5. The molecule has 0 amide bonds. The minimum atomic E-state index is -0.370. The number of carbonyl (C=O) groups is 2. The fourth-order valence-electron chi connectivity index (χ4n) is 2.54. The fourth-order valence-corrected chi connectivity index (χ4v) is 5.11. The standard InChI is InChI=1S/C22H18O4S2/c23-17-5-1-3-15(13-17)7-9-19(25)21(22-27-11-12-28-22)20(26)10-8-16-4-2-6-18(24)14-16/h1-10,13-14,23-24H,11-12H2. The first kappa shape index (κ1) is 20.0. The maximum atomic E-state index is 12.8. The summed E-state index contributed by atoms with van der Waals surface area (Å²) >= 11 is 3.02. The van der Waals surface area contributed by atoms with Crippen molar-refractivity contribution in [2.45, 2.75) is 0 Å². The molecule has 1 aliphatic heterocycles. The van der Waals surface area contributed by atoms with E-state index in [1.54, 1.807) is 60.7 Å². The van der Waals surface area contributed by atoms with Crippen molar-refractivity contribution in [3.05, 3.63) is 81.6 Å². The Morgan fingerprint density at radius 3 is 1.68 bits per heavy atom. The van der Waals surface area contributed by atoms with Crippen LogP contribution >= 0.6 is 23.5 Å². The second-order valence-corrected chi connectivity index (χ2v) is 8.41. The molecule has 6 heteroatoms. The van der Waals surface area contributed by atoms with Crippen molar-refractivity contribution in [2.75, 3.05) is 11.5 Å². The van der Waals surface area contributed by atoms with Gasteiger partial charge in [0.05, 0.1) is 9.81 Å². The van der Waals surface area contributed by atoms with Crippen LogP contribution in [0, 0.1) is 0 Å². The predicted molar refractivity (Wildman–Crippen MR) is 116 cm³/mol. The molecule has 0 bridgehead atoms. The van der Waals surface area contributed by atoms with Gasteiger partial charge in [-0.3, -0.25) is 9.59 Å². The van der Waals surface area contributed by atoms with Crippen LogP contribution in [0.1, 0.15) is 11.1 Å². The Morgan fingerprint density at radius 2 is 1.25 bits per heavy atom. The highest BCUT2D eigenvalue weighted by Crippen LogP contribution is 2.39. The summed E-state index contributed by atoms with van der Waals surface area (Å²) < 4.78 is 0.733. The van der Waals surface area contributed by atoms with Crippen molar-refractivity contribution in [2.24, 2.45) is 0 Å². The van der Waals surface area contributed by atoms with Crippen molar-refractivity contribution >= 4 is 47.2 Å². The first-order valence-electron chi connectivity index (χ1n) is 8.56. The normalized spacial score (nSPS) is 14.1. The average molecular weight is 411 g/mol. The van der Waals surface area contributed by atoms with Gasteiger partial charge in [0.1, 0.15) is 11.5 Å². The molecule has 4 nitrogen and oxygen atoms in total. The molecule has 0 aromatic heterocycles. The van der Waals surface area contributed by atoms with E-state index in [-0.39, 0.29) is 28.6 Å². The van der Waals surface area contributed by atoms with Crippen LogP contribution in [0.15, 0.2) is 70.5 Å². The highest BCUT2D eigenvalue weighted by Gasteiger charge is 2.23. The molecule has 2 aromatic rings. The lowest BCUT2D eigenvalue weighted by Crippen LogP contribution is -2.10. The lowest BCUT2D eigenvalue weighted by atomic mass is 10.1. The maximum Gasteiger partial charge on any atom is 0.191 e. The number of carbonyl (C=O) groups excluding carboxylic acids is 2. The third kappa shape index (κ3) is 5.41. The first-order chi connectivity index (χ1) is 13.5. The summed E-state index contributed by atoms with van der Waals surface area (Å²) in [7, 11) is 0. The highest BCUT2D eigenvalue weighted by atomic mass is 32.2. The van der Waals surface area contributed by atoms with E-state index in [4.69, 9.17) is 0 Å². The van der Waals surface area contributed by atoms with Crippen LogP contribution < -0.4 is 0 Å². The number of benzene rings is 2. The van der Waals surface area contributed by atoms with Crippen molar-refractivity contribution < 1.29 is 19.8 Å². The van der Waals surface area contributed by atoms with Gasteiger partial charge in [-0.15, -0.1) is 23.5 Å². The number of rotatable bonds is 6. The smallest absolute Gasteiger partial charge is 0.191 e. The molecule has 0 saturated carbocycles. The highest BCUT2D eigenvalue weighted by molar-refractivity contribution is 8.25. The lowest BCUT2D eigenvalue weighted by Gasteiger charge is -2.04. The Kier molecular flexibility index (Phi) is 6.79. The van der Waals surface area contributed by atoms with Crippen LogP contribution in [-0.4, -0.2) is 33.3 Å². The second kappa shape index (κ2) is 9.48. The van der Waals surface area contributed by atoms with Crippen molar-refractivity contribution in [3.63, 3.8) is 0 Å². The van der Waals surface area contributed by atoms with Gasteiger partial charge in [-0.05, 0) is 47.5 Å². The SMILES string of the molecule is O=C(C=Cc1cccc(O)c1)C(C(=O)C=Cc1cccc(O)c1)=C1SCCS1. The van der Waals surface area contributed by atoms with Crippen molar-refractivity contribution in [1.29, 1.82) is 0 Å². The van der Waals surface area contributed by atoms with Crippen LogP contribution in [0.2, 0.25) is 0 Å². The Labute approximate surface area is 171 Å². The summed E-state index contributed by atoms with van der Waals surface area (Å²) in [6, 6.07) is 13.1. The summed E-state index contributed by atoms with van der Waals surface area (Å²) in [6.45, 7) is 0. The van der Waals surface area contributed by atoms with Gasteiger partial charge in [0.25, 0.3) is 0 Å². The summed E-state index contributed by atoms with van der Waals surface area (Å²) in [5, 5.41) is 19.1. The molecule has 142 valence electrons. The molecule has 0 spiro atoms. The number of phenols is 2. The van der Waals surface area contributed by atoms with Gasteiger partial charge in [-0.1, -0.05) is 36.4 Å². The molecule has 0 atom stereocenters. The van der Waals surface area contributed by atoms with E-state index >= 15 is 0 Å². The summed E-state index contributed by atoms with van der Waals surface area (Å²) in [5.74, 6) is 1.20. The minimum Gasteiger partial charge on any atom is -0.508 e. The Bertz CT molecular complexity index is 912. The molecule has 1 heterocycles. The predicted octanol–water partition coefficient (Wildman–Crippen LogP) is 4.65. The number of allylic oxidation sites excluding steroid dienone is 3. The Morgan fingerprint density at radius 1 is 0.786 bits per heavy atom. The number of thioether (sulfide) groups is 2. The van der Waals surface area contributed by atoms with Crippen LogP contribution in [-0.2, 0) is 9.59 Å². The quantitative estimate of drug-likeness (QED) is 0.410. The average Bonchev–Trinajstić information content (AvgIpc) is 3.19. The van der Waals surface area contributed by atoms with E-state index in [1.165, 1.54) is 35.7 Å². The third-order valence-corrected chi connectivity index (χ3v) is 6.56. The van der Waals surface area contributed by atoms with E-state index in [2.05, 4.69) is 0 Å². The van der Waals surface area contributed by atoms with Gasteiger partial charge in [0, 0.05) is 11.5 Å². The maximum absolute atomic E-state index is 12.8. The second-order valence-electron chi connectivity index (χ2n) is 5.94. The van der Waals surface area contributed by atoms with E-state index in [0.29, 0.717) is 11.1 Å². The molecule has 2 N–H and O–H groups in total. The third-order valence-electron chi connectivity index (χ3n) is 3.84. The molecule has 2 aromatic carbocycles. The zero-order chi connectivity index (χ0) is 19.9. The number of hydrogen-bond donors (Lipinski definition) is 2. The zero-order valence-electron chi connectivity index (χ0n) is 14.9. The van der Waals surface area contributed by atoms with E-state index in [1.807, 2.05) is 0 Å². The molecule has 3 rings (SSSR count). The van der Waals surface area contributed by atoms with Gasteiger partial charge in [-0.2, -0.15) is 0 Å². The minimum absolute atomic E-state index is 0.111. The molecular formula is C22H18O4S2. The van der Waals surface area contributed by atoms with E-state index < -0.39 is 0 Å². The summed E-state index contributed by atoms with van der Waals surface area (Å²) in [5.41, 5.74) is 1.50. The van der Waals surface area contributed by atoms with Crippen molar-refractivity contribution in [3.8, 4) is 11.5 Å². The number of hydrogen-bond acceptors (Lipinski definition) is 6. The van der Waals surface area contributed by atoms with E-state index in [0.717, 1.165) is 15.7 Å². The van der Waals surface area contributed by atoms with Crippen LogP contribution in [0.25, 0.3) is 12.2 Å². The lowest BCUT2D eigenvalue weighted by molar-refractivity contribution is -0.116. The van der Waals surface area contributed by atoms with Gasteiger partial charge in [0.15, 0.2) is 11.6 Å². The van der Waals surface area contributed by atoms with Crippen molar-refractivity contribution in [1.82, 2.24) is 0 Å². The van der Waals surface area contributed by atoms with E-state index in [9.17, 15) is 19.8 Å². The van der Waals surface area contributed by atoms with Crippen LogP contribution in [0.5, 0.6) is 11.5 Å². The summed E-state index contributed by atoms with van der Waals surface area (Å²) in [4.78, 5) is 25.5. The molecule has 0 unspecified atom stereocenters. The molecule has 1 aliphatic rings. The Balaban J connectivity index is 1.84. The Hall–Kier alpha value is -2.70. The van der Waals surface area contributed by atoms with Crippen LogP contribution in [0.4, 0.5) is 0 Å². The topological polar surface area (TPSA) is 74.6 Å². The number of aromatic hydroxyl groups is 2.